The van der Waals surface area contributed by atoms with Crippen molar-refractivity contribution in [3.05, 3.63) is 40.8 Å². The van der Waals surface area contributed by atoms with Gasteiger partial charge in [0.2, 0.25) is 5.95 Å². The van der Waals surface area contributed by atoms with E-state index in [0.29, 0.717) is 59.2 Å². The molecule has 0 atom stereocenters. The second kappa shape index (κ2) is 9.78. The van der Waals surface area contributed by atoms with Gasteiger partial charge in [0.25, 0.3) is 5.95 Å². The summed E-state index contributed by atoms with van der Waals surface area (Å²) in [5.74, 6) is 5.13. The summed E-state index contributed by atoms with van der Waals surface area (Å²) in [6.07, 6.45) is 3.29. The van der Waals surface area contributed by atoms with E-state index in [2.05, 4.69) is 54.8 Å². The van der Waals surface area contributed by atoms with Gasteiger partial charge in [-0.2, -0.15) is 19.9 Å². The van der Waals surface area contributed by atoms with Crippen molar-refractivity contribution >= 4 is 24.3 Å². The summed E-state index contributed by atoms with van der Waals surface area (Å²) in [5.41, 5.74) is 0. The number of aromatic nitrogens is 9. The molecule has 0 bridgehead atoms. The Morgan fingerprint density at radius 1 is 0.645 bits per heavy atom. The van der Waals surface area contributed by atoms with Crippen molar-refractivity contribution in [1.82, 2.24) is 44.9 Å². The van der Waals surface area contributed by atoms with Crippen LogP contribution in [0.5, 0.6) is 0 Å². The predicted octanol–water partition coefficient (Wildman–Crippen LogP) is 1.38. The van der Waals surface area contributed by atoms with Crippen LogP contribution < -0.4 is 4.90 Å². The fourth-order valence-electron chi connectivity index (χ4n) is 2.74. The Morgan fingerprint density at radius 2 is 1.13 bits per heavy atom. The number of anilines is 1. The first-order valence-electron chi connectivity index (χ1n) is 9.63. The van der Waals surface area contributed by atoms with E-state index in [1.54, 1.807) is 26.3 Å². The minimum absolute atomic E-state index is 0.272. The average Bonchev–Trinajstić information content (AvgIpc) is 2.64. The molecule has 0 aliphatic heterocycles. The first kappa shape index (κ1) is 21.9. The fraction of sp³-hybridized carbons (Fsp3) is 0.421. The standard InChI is InChI=1S/C19H24N12/c1-11-22-12(2)26-17(25-11)9-20-10-31(19-29-15(5)24-16(6)30-19)8-7-21-18-27-13(3)23-14(4)28-18/h7,9H,8,10H2,1-6H3/b20-9+,21-7+. The normalized spacial score (nSPS) is 11.5. The minimum Gasteiger partial charge on any atom is -0.316 e. The molecule has 0 saturated heterocycles. The van der Waals surface area contributed by atoms with E-state index >= 15 is 0 Å². The van der Waals surface area contributed by atoms with Crippen LogP contribution in [-0.2, 0) is 0 Å². The highest BCUT2D eigenvalue weighted by Gasteiger charge is 2.10. The van der Waals surface area contributed by atoms with Crippen molar-refractivity contribution in [3.63, 3.8) is 0 Å². The van der Waals surface area contributed by atoms with Gasteiger partial charge >= 0.3 is 0 Å². The second-order valence-electron chi connectivity index (χ2n) is 6.73. The third kappa shape index (κ3) is 6.59. The Labute approximate surface area is 180 Å². The van der Waals surface area contributed by atoms with E-state index in [0.717, 1.165) is 0 Å². The third-order valence-corrected chi connectivity index (χ3v) is 3.82. The number of rotatable bonds is 7. The predicted molar refractivity (Wildman–Crippen MR) is 116 cm³/mol. The minimum atomic E-state index is 0.272. The van der Waals surface area contributed by atoms with E-state index in [-0.39, 0.29) is 6.67 Å². The molecule has 0 aliphatic carbocycles. The molecule has 0 aliphatic rings. The summed E-state index contributed by atoms with van der Waals surface area (Å²) in [5, 5.41) is 0. The van der Waals surface area contributed by atoms with E-state index in [1.165, 1.54) is 0 Å². The molecule has 0 N–H and O–H groups in total. The Kier molecular flexibility index (Phi) is 6.90. The third-order valence-electron chi connectivity index (χ3n) is 3.82. The lowest BCUT2D eigenvalue weighted by Gasteiger charge is -2.18. The molecule has 0 spiro atoms. The molecule has 0 aromatic carbocycles. The molecule has 0 fully saturated rings. The molecule has 12 heteroatoms. The highest BCUT2D eigenvalue weighted by Crippen LogP contribution is 2.08. The summed E-state index contributed by atoms with van der Waals surface area (Å²) in [4.78, 5) is 49.0. The summed E-state index contributed by atoms with van der Waals surface area (Å²) < 4.78 is 0. The quantitative estimate of drug-likeness (QED) is 0.514. The Hall–Kier alpha value is -3.83. The summed E-state index contributed by atoms with van der Waals surface area (Å²) >= 11 is 0. The SMILES string of the molecule is Cc1nc(C)nc(/C=N/CN(C/C=N/c2nc(C)nc(C)n2)c2nc(C)nc(C)n2)n1. The van der Waals surface area contributed by atoms with Crippen LogP contribution >= 0.6 is 0 Å². The van der Waals surface area contributed by atoms with Gasteiger partial charge in [-0.25, -0.2) is 29.9 Å². The summed E-state index contributed by atoms with van der Waals surface area (Å²) in [6, 6.07) is 0. The smallest absolute Gasteiger partial charge is 0.252 e. The maximum atomic E-state index is 4.46. The highest BCUT2D eigenvalue weighted by atomic mass is 15.3. The van der Waals surface area contributed by atoms with Crippen LogP contribution in [0, 0.1) is 41.5 Å². The number of nitrogens with zero attached hydrogens (tertiary/aromatic N) is 12. The van der Waals surface area contributed by atoms with Crippen molar-refractivity contribution < 1.29 is 0 Å². The molecular formula is C19H24N12. The van der Waals surface area contributed by atoms with Crippen LogP contribution in [0.3, 0.4) is 0 Å². The van der Waals surface area contributed by atoms with Gasteiger partial charge in [0.15, 0.2) is 5.82 Å². The van der Waals surface area contributed by atoms with E-state index in [9.17, 15) is 0 Å². The van der Waals surface area contributed by atoms with E-state index in [4.69, 9.17) is 0 Å². The van der Waals surface area contributed by atoms with Gasteiger partial charge in [0.05, 0.1) is 12.8 Å². The number of hydrogen-bond acceptors (Lipinski definition) is 12. The zero-order valence-corrected chi connectivity index (χ0v) is 18.4. The maximum absolute atomic E-state index is 4.46. The molecule has 31 heavy (non-hydrogen) atoms. The molecular weight excluding hydrogens is 396 g/mol. The van der Waals surface area contributed by atoms with Gasteiger partial charge in [-0.1, -0.05) is 0 Å². The first-order chi connectivity index (χ1) is 14.8. The molecule has 0 amide bonds. The first-order valence-corrected chi connectivity index (χ1v) is 9.63. The molecule has 0 unspecified atom stereocenters. The van der Waals surface area contributed by atoms with Gasteiger partial charge in [-0.05, 0) is 41.5 Å². The Morgan fingerprint density at radius 3 is 1.68 bits per heavy atom. The lowest BCUT2D eigenvalue weighted by atomic mass is 10.5. The lowest BCUT2D eigenvalue weighted by Crippen LogP contribution is -2.28. The van der Waals surface area contributed by atoms with Crippen molar-refractivity contribution in [3.8, 4) is 0 Å². The van der Waals surface area contributed by atoms with Gasteiger partial charge in [-0.15, -0.1) is 0 Å². The van der Waals surface area contributed by atoms with Crippen LogP contribution in [0.2, 0.25) is 0 Å². The fourth-order valence-corrected chi connectivity index (χ4v) is 2.74. The molecule has 0 saturated carbocycles. The summed E-state index contributed by atoms with van der Waals surface area (Å²) in [6.45, 7) is 11.5. The zero-order valence-electron chi connectivity index (χ0n) is 18.4. The second-order valence-corrected chi connectivity index (χ2v) is 6.73. The van der Waals surface area contributed by atoms with Crippen LogP contribution in [0.15, 0.2) is 9.98 Å². The van der Waals surface area contributed by atoms with Crippen molar-refractivity contribution in [2.75, 3.05) is 18.1 Å². The topological polar surface area (TPSA) is 144 Å². The van der Waals surface area contributed by atoms with Crippen molar-refractivity contribution in [1.29, 1.82) is 0 Å². The lowest BCUT2D eigenvalue weighted by molar-refractivity contribution is 0.810. The van der Waals surface area contributed by atoms with Gasteiger partial charge < -0.3 is 4.90 Å². The monoisotopic (exact) mass is 420 g/mol. The molecule has 12 nitrogen and oxygen atoms in total. The number of aliphatic imine (C=N–C) groups is 2. The van der Waals surface area contributed by atoms with Crippen molar-refractivity contribution in [2.45, 2.75) is 41.5 Å². The maximum Gasteiger partial charge on any atom is 0.252 e. The van der Waals surface area contributed by atoms with Crippen LogP contribution in [0.25, 0.3) is 0 Å². The average molecular weight is 420 g/mol. The van der Waals surface area contributed by atoms with E-state index in [1.807, 2.05) is 32.6 Å². The Bertz CT molecular complexity index is 1000. The van der Waals surface area contributed by atoms with Gasteiger partial charge in [-0.3, -0.25) is 4.99 Å². The molecule has 3 aromatic rings. The highest BCUT2D eigenvalue weighted by molar-refractivity contribution is 5.74. The summed E-state index contributed by atoms with van der Waals surface area (Å²) in [7, 11) is 0. The van der Waals surface area contributed by atoms with Gasteiger partial charge in [0.1, 0.15) is 41.6 Å². The van der Waals surface area contributed by atoms with Crippen molar-refractivity contribution in [2.24, 2.45) is 9.98 Å². The zero-order chi connectivity index (χ0) is 22.4. The molecule has 0 radical (unpaired) electrons. The van der Waals surface area contributed by atoms with Crippen LogP contribution in [-0.4, -0.2) is 70.5 Å². The van der Waals surface area contributed by atoms with E-state index < -0.39 is 0 Å². The molecule has 3 heterocycles. The Balaban J connectivity index is 1.80. The van der Waals surface area contributed by atoms with Crippen LogP contribution in [0.1, 0.15) is 40.8 Å². The number of hydrogen-bond donors (Lipinski definition) is 0. The van der Waals surface area contributed by atoms with Crippen LogP contribution in [0.4, 0.5) is 11.9 Å². The molecule has 3 aromatic heterocycles. The number of aryl methyl sites for hydroxylation is 6. The molecule has 3 rings (SSSR count). The van der Waals surface area contributed by atoms with Gasteiger partial charge in [0, 0.05) is 6.21 Å². The molecule has 160 valence electrons. The largest absolute Gasteiger partial charge is 0.316 e.